The van der Waals surface area contributed by atoms with Gasteiger partial charge in [0.15, 0.2) is 5.60 Å². The van der Waals surface area contributed by atoms with Crippen LogP contribution in [-0.2, 0) is 17.2 Å². The molecule has 1 aliphatic heterocycles. The van der Waals surface area contributed by atoms with E-state index in [1.54, 1.807) is 13.2 Å². The maximum atomic E-state index is 14.0. The second-order valence-electron chi connectivity index (χ2n) is 13.5. The standard InChI is InChI=1S/C44H31F3O2/c1-42(2)38-25-30(44(45,46)47)17-21-36(38)39-34-10-6-7-11-35(34)41-37(40(39)42)22-23-43(49-41,28-14-18-31(48-3)19-15-28)29-16-20-33-27(24-29)13-12-26-8-4-5-9-32(26)33/h4-25H,1-3H3. The molecule has 1 unspecified atom stereocenters. The van der Waals surface area contributed by atoms with E-state index in [9.17, 15) is 13.2 Å². The molecule has 0 aromatic heterocycles. The molecule has 2 aliphatic rings. The molecule has 240 valence electrons. The average Bonchev–Trinajstić information content (AvgIpc) is 3.37. The Morgan fingerprint density at radius 3 is 2.08 bits per heavy atom. The third kappa shape index (κ3) is 4.21. The van der Waals surface area contributed by atoms with Crippen LogP contribution in [0.4, 0.5) is 13.2 Å². The molecular formula is C44H31F3O2. The number of alkyl halides is 3. The molecule has 0 amide bonds. The van der Waals surface area contributed by atoms with Crippen molar-refractivity contribution in [2.45, 2.75) is 31.0 Å². The highest BCUT2D eigenvalue weighted by Gasteiger charge is 2.45. The van der Waals surface area contributed by atoms with E-state index in [1.165, 1.54) is 22.9 Å². The van der Waals surface area contributed by atoms with Crippen LogP contribution in [0.5, 0.6) is 11.5 Å². The zero-order valence-electron chi connectivity index (χ0n) is 27.2. The molecule has 0 saturated heterocycles. The van der Waals surface area contributed by atoms with Crippen LogP contribution >= 0.6 is 0 Å². The number of halogens is 3. The highest BCUT2D eigenvalue weighted by atomic mass is 19.4. The number of ether oxygens (including phenoxy) is 2. The lowest BCUT2D eigenvalue weighted by atomic mass is 9.76. The van der Waals surface area contributed by atoms with Gasteiger partial charge in [-0.05, 0) is 85.6 Å². The molecule has 1 atom stereocenters. The maximum absolute atomic E-state index is 14.0. The Morgan fingerprint density at radius 2 is 1.33 bits per heavy atom. The van der Waals surface area contributed by atoms with E-state index in [0.717, 1.165) is 60.7 Å². The molecule has 0 bridgehead atoms. The van der Waals surface area contributed by atoms with Gasteiger partial charge in [0.25, 0.3) is 0 Å². The summed E-state index contributed by atoms with van der Waals surface area (Å²) in [6.45, 7) is 4.03. The fourth-order valence-electron chi connectivity index (χ4n) is 8.17. The van der Waals surface area contributed by atoms with Gasteiger partial charge in [-0.15, -0.1) is 0 Å². The largest absolute Gasteiger partial charge is 0.497 e. The van der Waals surface area contributed by atoms with Crippen molar-refractivity contribution in [3.8, 4) is 22.6 Å². The Balaban J connectivity index is 1.31. The smallest absolute Gasteiger partial charge is 0.416 e. The van der Waals surface area contributed by atoms with E-state index in [1.807, 2.05) is 56.3 Å². The van der Waals surface area contributed by atoms with Gasteiger partial charge in [-0.1, -0.05) is 111 Å². The summed E-state index contributed by atoms with van der Waals surface area (Å²) in [6, 6.07) is 39.4. The van der Waals surface area contributed by atoms with Crippen LogP contribution in [0.3, 0.4) is 0 Å². The third-order valence-corrected chi connectivity index (χ3v) is 10.6. The Hall–Kier alpha value is -5.55. The SMILES string of the molecule is COc1ccc(C2(c3ccc4c(ccc5ccccc54)c3)C=Cc3c4c(c5ccccc5c3O2)-c2ccc(C(F)(F)F)cc2C4(C)C)cc1. The van der Waals surface area contributed by atoms with Gasteiger partial charge in [0.05, 0.1) is 12.7 Å². The van der Waals surface area contributed by atoms with Crippen molar-refractivity contribution in [3.05, 3.63) is 161 Å². The predicted octanol–water partition coefficient (Wildman–Crippen LogP) is 11.8. The van der Waals surface area contributed by atoms with E-state index >= 15 is 0 Å². The summed E-state index contributed by atoms with van der Waals surface area (Å²) >= 11 is 0. The lowest BCUT2D eigenvalue weighted by Crippen LogP contribution is -2.35. The molecule has 0 saturated carbocycles. The molecule has 0 N–H and O–H groups in total. The van der Waals surface area contributed by atoms with Gasteiger partial charge in [-0.3, -0.25) is 0 Å². The monoisotopic (exact) mass is 648 g/mol. The van der Waals surface area contributed by atoms with E-state index in [4.69, 9.17) is 9.47 Å². The van der Waals surface area contributed by atoms with Gasteiger partial charge in [-0.25, -0.2) is 0 Å². The highest BCUT2D eigenvalue weighted by Crippen LogP contribution is 2.58. The quantitative estimate of drug-likeness (QED) is 0.178. The van der Waals surface area contributed by atoms with Crippen LogP contribution in [0, 0.1) is 0 Å². The number of rotatable bonds is 3. The summed E-state index contributed by atoms with van der Waals surface area (Å²) in [5.41, 5.74) is 3.85. The van der Waals surface area contributed by atoms with Crippen LogP contribution in [0.2, 0.25) is 0 Å². The fourth-order valence-corrected chi connectivity index (χ4v) is 8.17. The lowest BCUT2D eigenvalue weighted by Gasteiger charge is -2.38. The molecule has 0 radical (unpaired) electrons. The zero-order chi connectivity index (χ0) is 33.7. The van der Waals surface area contributed by atoms with Gasteiger partial charge in [-0.2, -0.15) is 13.2 Å². The fraction of sp³-hybridized carbons (Fsp3) is 0.136. The number of hydrogen-bond acceptors (Lipinski definition) is 2. The Kier molecular flexibility index (Phi) is 6.17. The second-order valence-corrected chi connectivity index (χ2v) is 13.5. The Labute approximate surface area is 282 Å². The first-order valence-electron chi connectivity index (χ1n) is 16.4. The van der Waals surface area contributed by atoms with Gasteiger partial charge in [0, 0.05) is 27.5 Å². The molecule has 1 aliphatic carbocycles. The summed E-state index contributed by atoms with van der Waals surface area (Å²) in [7, 11) is 1.65. The van der Waals surface area contributed by atoms with Gasteiger partial charge in [0.1, 0.15) is 11.5 Å². The van der Waals surface area contributed by atoms with E-state index in [2.05, 4.69) is 72.8 Å². The first-order valence-corrected chi connectivity index (χ1v) is 16.4. The Bertz CT molecular complexity index is 2520. The molecule has 1 heterocycles. The van der Waals surface area contributed by atoms with Crippen molar-refractivity contribution in [2.24, 2.45) is 0 Å². The minimum absolute atomic E-state index is 0.639. The average molecular weight is 649 g/mol. The third-order valence-electron chi connectivity index (χ3n) is 10.6. The van der Waals surface area contributed by atoms with Crippen LogP contribution in [0.15, 0.2) is 127 Å². The first-order chi connectivity index (χ1) is 23.6. The topological polar surface area (TPSA) is 18.5 Å². The second kappa shape index (κ2) is 10.2. The molecule has 49 heavy (non-hydrogen) atoms. The molecule has 0 spiro atoms. The summed E-state index contributed by atoms with van der Waals surface area (Å²) in [5.74, 6) is 1.45. The van der Waals surface area contributed by atoms with Gasteiger partial charge in [0.2, 0.25) is 0 Å². The number of methoxy groups -OCH3 is 1. The van der Waals surface area contributed by atoms with E-state index < -0.39 is 22.8 Å². The van der Waals surface area contributed by atoms with Crippen molar-refractivity contribution < 1.29 is 22.6 Å². The molecule has 0 fully saturated rings. The summed E-state index contributed by atoms with van der Waals surface area (Å²) < 4.78 is 54.8. The van der Waals surface area contributed by atoms with Crippen LogP contribution in [0.1, 0.15) is 47.2 Å². The van der Waals surface area contributed by atoms with Crippen LogP contribution in [0.25, 0.3) is 49.5 Å². The van der Waals surface area contributed by atoms with Gasteiger partial charge >= 0.3 is 6.18 Å². The number of hydrogen-bond donors (Lipinski definition) is 0. The van der Waals surface area contributed by atoms with Crippen molar-refractivity contribution >= 4 is 38.4 Å². The minimum Gasteiger partial charge on any atom is -0.497 e. The molecule has 5 heteroatoms. The maximum Gasteiger partial charge on any atom is 0.416 e. The van der Waals surface area contributed by atoms with Crippen molar-refractivity contribution in [2.75, 3.05) is 7.11 Å². The summed E-state index contributed by atoms with van der Waals surface area (Å²) in [4.78, 5) is 0. The Morgan fingerprint density at radius 1 is 0.653 bits per heavy atom. The van der Waals surface area contributed by atoms with Crippen molar-refractivity contribution in [1.29, 1.82) is 0 Å². The summed E-state index contributed by atoms with van der Waals surface area (Å²) in [5, 5.41) is 6.49. The molecular weight excluding hydrogens is 617 g/mol. The molecule has 7 aromatic rings. The number of fused-ring (bicyclic) bond motifs is 11. The van der Waals surface area contributed by atoms with Crippen LogP contribution in [-0.4, -0.2) is 7.11 Å². The minimum atomic E-state index is -4.44. The van der Waals surface area contributed by atoms with E-state index in [-0.39, 0.29) is 0 Å². The summed E-state index contributed by atoms with van der Waals surface area (Å²) in [6.07, 6.45) is -0.208. The van der Waals surface area contributed by atoms with Crippen molar-refractivity contribution in [1.82, 2.24) is 0 Å². The predicted molar refractivity (Wildman–Crippen MR) is 191 cm³/mol. The highest BCUT2D eigenvalue weighted by molar-refractivity contribution is 6.09. The normalized spacial score (nSPS) is 17.5. The van der Waals surface area contributed by atoms with Gasteiger partial charge < -0.3 is 9.47 Å². The molecule has 7 aromatic carbocycles. The number of benzene rings is 7. The molecule has 2 nitrogen and oxygen atoms in total. The first kappa shape index (κ1) is 29.6. The molecule has 9 rings (SSSR count). The lowest BCUT2D eigenvalue weighted by molar-refractivity contribution is -0.137. The van der Waals surface area contributed by atoms with Crippen molar-refractivity contribution in [3.63, 3.8) is 0 Å². The van der Waals surface area contributed by atoms with E-state index in [0.29, 0.717) is 11.3 Å². The van der Waals surface area contributed by atoms with Crippen LogP contribution < -0.4 is 9.47 Å². The zero-order valence-corrected chi connectivity index (χ0v) is 27.2.